The van der Waals surface area contributed by atoms with Crippen molar-refractivity contribution in [1.29, 1.82) is 0 Å². The third-order valence-electron chi connectivity index (χ3n) is 3.75. The van der Waals surface area contributed by atoms with Crippen LogP contribution in [0.15, 0.2) is 48.0 Å². The Morgan fingerprint density at radius 2 is 1.68 bits per heavy atom. The SMILES string of the molecule is O=C1NC(=O)C(=Cc2cc([N+](=O)[O-])ccc2OCc2ccc(F)cc2)C(=O)N1. The number of urea groups is 1. The highest BCUT2D eigenvalue weighted by atomic mass is 19.1. The van der Waals surface area contributed by atoms with Gasteiger partial charge in [0.05, 0.1) is 4.92 Å². The normalized spacial score (nSPS) is 13.6. The van der Waals surface area contributed by atoms with Gasteiger partial charge in [-0.15, -0.1) is 0 Å². The third-order valence-corrected chi connectivity index (χ3v) is 3.75. The molecular weight excluding hydrogens is 373 g/mol. The molecule has 0 aromatic heterocycles. The van der Waals surface area contributed by atoms with E-state index < -0.39 is 34.2 Å². The molecule has 0 spiro atoms. The van der Waals surface area contributed by atoms with Gasteiger partial charge in [-0.05, 0) is 29.8 Å². The number of benzene rings is 2. The maximum atomic E-state index is 13.0. The topological polar surface area (TPSA) is 128 Å². The molecule has 1 saturated heterocycles. The second-order valence-electron chi connectivity index (χ2n) is 5.69. The molecule has 3 rings (SSSR count). The molecule has 4 amide bonds. The van der Waals surface area contributed by atoms with Gasteiger partial charge in [0.25, 0.3) is 17.5 Å². The number of carbonyl (C=O) groups is 3. The number of nitrogens with zero attached hydrogens (tertiary/aromatic N) is 1. The fourth-order valence-electron chi connectivity index (χ4n) is 2.40. The predicted molar refractivity (Wildman–Crippen MR) is 93.5 cm³/mol. The van der Waals surface area contributed by atoms with Crippen molar-refractivity contribution in [2.24, 2.45) is 0 Å². The van der Waals surface area contributed by atoms with Crippen molar-refractivity contribution in [3.63, 3.8) is 0 Å². The van der Waals surface area contributed by atoms with Crippen LogP contribution in [-0.2, 0) is 16.2 Å². The van der Waals surface area contributed by atoms with Gasteiger partial charge in [0.15, 0.2) is 0 Å². The Kier molecular flexibility index (Phi) is 5.12. The fraction of sp³-hybridized carbons (Fsp3) is 0.0556. The molecule has 0 radical (unpaired) electrons. The van der Waals surface area contributed by atoms with Crippen molar-refractivity contribution in [1.82, 2.24) is 10.6 Å². The molecule has 10 heteroatoms. The monoisotopic (exact) mass is 385 g/mol. The molecule has 142 valence electrons. The van der Waals surface area contributed by atoms with Crippen LogP contribution < -0.4 is 15.4 Å². The van der Waals surface area contributed by atoms with Crippen LogP contribution in [0.4, 0.5) is 14.9 Å². The smallest absolute Gasteiger partial charge is 0.328 e. The zero-order chi connectivity index (χ0) is 20.3. The van der Waals surface area contributed by atoms with Crippen molar-refractivity contribution >= 4 is 29.6 Å². The molecule has 2 aromatic rings. The molecule has 2 N–H and O–H groups in total. The lowest BCUT2D eigenvalue weighted by Gasteiger charge is -2.15. The van der Waals surface area contributed by atoms with Gasteiger partial charge in [0.2, 0.25) is 0 Å². The highest BCUT2D eigenvalue weighted by Gasteiger charge is 2.28. The summed E-state index contributed by atoms with van der Waals surface area (Å²) in [6.45, 7) is 0.0190. The summed E-state index contributed by atoms with van der Waals surface area (Å²) in [6, 6.07) is 8.21. The molecule has 0 atom stereocenters. The van der Waals surface area contributed by atoms with E-state index in [0.29, 0.717) is 5.56 Å². The zero-order valence-electron chi connectivity index (χ0n) is 14.1. The first-order chi connectivity index (χ1) is 13.3. The van der Waals surface area contributed by atoms with Gasteiger partial charge in [-0.3, -0.25) is 30.3 Å². The molecule has 0 unspecified atom stereocenters. The molecule has 1 aliphatic rings. The number of ether oxygens (including phenoxy) is 1. The third kappa shape index (κ3) is 4.18. The van der Waals surface area contributed by atoms with Crippen LogP contribution >= 0.6 is 0 Å². The zero-order valence-corrected chi connectivity index (χ0v) is 14.1. The standard InChI is InChI=1S/C18H12FN3O6/c19-12-3-1-10(2-4-12)9-28-15-6-5-13(22(26)27)7-11(15)8-14-16(23)20-18(25)21-17(14)24/h1-8H,9H2,(H2,20,21,23,24,25). The largest absolute Gasteiger partial charge is 0.488 e. The average Bonchev–Trinajstić information content (AvgIpc) is 2.64. The maximum absolute atomic E-state index is 13.0. The summed E-state index contributed by atoms with van der Waals surface area (Å²) in [4.78, 5) is 45.3. The van der Waals surface area contributed by atoms with E-state index in [0.717, 1.165) is 12.1 Å². The Bertz CT molecular complexity index is 994. The van der Waals surface area contributed by atoms with E-state index in [9.17, 15) is 28.9 Å². The number of imide groups is 2. The number of barbiturate groups is 1. The molecule has 1 heterocycles. The predicted octanol–water partition coefficient (Wildman–Crippen LogP) is 2.06. The number of non-ortho nitro benzene ring substituents is 1. The summed E-state index contributed by atoms with van der Waals surface area (Å²) in [5.74, 6) is -2.14. The van der Waals surface area contributed by atoms with E-state index in [4.69, 9.17) is 4.74 Å². The number of halogens is 1. The number of rotatable bonds is 5. The minimum atomic E-state index is -0.959. The van der Waals surface area contributed by atoms with Crippen LogP contribution in [0.2, 0.25) is 0 Å². The molecule has 1 aliphatic heterocycles. The Balaban J connectivity index is 1.94. The van der Waals surface area contributed by atoms with Crippen LogP contribution in [0.1, 0.15) is 11.1 Å². The quantitative estimate of drug-likeness (QED) is 0.351. The summed E-state index contributed by atoms with van der Waals surface area (Å²) in [6.07, 6.45) is 1.09. The number of carbonyl (C=O) groups excluding carboxylic acids is 3. The van der Waals surface area contributed by atoms with E-state index in [1.807, 2.05) is 10.6 Å². The van der Waals surface area contributed by atoms with Crippen LogP contribution in [0.3, 0.4) is 0 Å². The maximum Gasteiger partial charge on any atom is 0.328 e. The molecule has 0 saturated carbocycles. The van der Waals surface area contributed by atoms with E-state index in [1.54, 1.807) is 0 Å². The first kappa shape index (κ1) is 18.7. The van der Waals surface area contributed by atoms with Gasteiger partial charge in [0.1, 0.15) is 23.7 Å². The van der Waals surface area contributed by atoms with Crippen molar-refractivity contribution in [3.05, 3.63) is 75.1 Å². The number of nitrogens with one attached hydrogen (secondary N) is 2. The number of nitro benzene ring substituents is 1. The molecule has 2 aromatic carbocycles. The Labute approximate surface area is 156 Å². The summed E-state index contributed by atoms with van der Waals surface area (Å²) >= 11 is 0. The minimum Gasteiger partial charge on any atom is -0.488 e. The molecule has 28 heavy (non-hydrogen) atoms. The van der Waals surface area contributed by atoms with Crippen LogP contribution in [0, 0.1) is 15.9 Å². The molecular formula is C18H12FN3O6. The number of nitro groups is 1. The van der Waals surface area contributed by atoms with Crippen molar-refractivity contribution in [3.8, 4) is 5.75 Å². The average molecular weight is 385 g/mol. The van der Waals surface area contributed by atoms with Crippen molar-refractivity contribution in [2.45, 2.75) is 6.61 Å². The van der Waals surface area contributed by atoms with Crippen LogP contribution in [-0.4, -0.2) is 22.8 Å². The van der Waals surface area contributed by atoms with Crippen LogP contribution in [0.5, 0.6) is 5.75 Å². The van der Waals surface area contributed by atoms with Crippen LogP contribution in [0.25, 0.3) is 6.08 Å². The lowest BCUT2D eigenvalue weighted by atomic mass is 10.1. The first-order valence-corrected chi connectivity index (χ1v) is 7.87. The van der Waals surface area contributed by atoms with Gasteiger partial charge in [0, 0.05) is 17.7 Å². The van der Waals surface area contributed by atoms with Gasteiger partial charge in [-0.1, -0.05) is 12.1 Å². The highest BCUT2D eigenvalue weighted by molar-refractivity contribution is 6.31. The summed E-state index contributed by atoms with van der Waals surface area (Å²) in [5.41, 5.74) is 0.0310. The van der Waals surface area contributed by atoms with E-state index in [2.05, 4.69) is 0 Å². The lowest BCUT2D eigenvalue weighted by molar-refractivity contribution is -0.384. The lowest BCUT2D eigenvalue weighted by Crippen LogP contribution is -2.51. The summed E-state index contributed by atoms with van der Waals surface area (Å²) < 4.78 is 18.6. The molecule has 0 bridgehead atoms. The van der Waals surface area contributed by atoms with Gasteiger partial charge in [-0.25, -0.2) is 9.18 Å². The van der Waals surface area contributed by atoms with E-state index >= 15 is 0 Å². The van der Waals surface area contributed by atoms with Gasteiger partial charge in [-0.2, -0.15) is 0 Å². The Morgan fingerprint density at radius 3 is 2.29 bits per heavy atom. The summed E-state index contributed by atoms with van der Waals surface area (Å²) in [5, 5.41) is 14.9. The van der Waals surface area contributed by atoms with Crippen molar-refractivity contribution in [2.75, 3.05) is 0 Å². The summed E-state index contributed by atoms with van der Waals surface area (Å²) in [7, 11) is 0. The molecule has 1 fully saturated rings. The number of hydrogen-bond acceptors (Lipinski definition) is 6. The van der Waals surface area contributed by atoms with Crippen molar-refractivity contribution < 1.29 is 28.4 Å². The second-order valence-corrected chi connectivity index (χ2v) is 5.69. The van der Waals surface area contributed by atoms with E-state index in [-0.39, 0.29) is 23.6 Å². The molecule has 0 aliphatic carbocycles. The van der Waals surface area contributed by atoms with Gasteiger partial charge >= 0.3 is 6.03 Å². The minimum absolute atomic E-state index is 0.0190. The Morgan fingerprint density at radius 1 is 1.04 bits per heavy atom. The number of hydrogen-bond donors (Lipinski definition) is 2. The fourth-order valence-corrected chi connectivity index (χ4v) is 2.40. The van der Waals surface area contributed by atoms with Gasteiger partial charge < -0.3 is 4.74 Å². The molecule has 9 nitrogen and oxygen atoms in total. The second kappa shape index (κ2) is 7.66. The van der Waals surface area contributed by atoms with E-state index in [1.165, 1.54) is 36.4 Å². The highest BCUT2D eigenvalue weighted by Crippen LogP contribution is 2.27. The number of amides is 4. The first-order valence-electron chi connectivity index (χ1n) is 7.87. The Hall–Kier alpha value is -4.08.